The lowest BCUT2D eigenvalue weighted by Crippen LogP contribution is -2.30. The Balaban J connectivity index is 2.60. The van der Waals surface area contributed by atoms with Crippen molar-refractivity contribution in [2.75, 3.05) is 25.6 Å². The van der Waals surface area contributed by atoms with E-state index in [0.29, 0.717) is 6.54 Å². The van der Waals surface area contributed by atoms with Crippen LogP contribution in [0.15, 0.2) is 12.4 Å². The molecule has 0 N–H and O–H groups in total. The maximum Gasteiger partial charge on any atom is 0.310 e. The quantitative estimate of drug-likeness (QED) is 0.687. The largest absolute Gasteiger partial charge is 0.469 e. The van der Waals surface area contributed by atoms with Crippen molar-refractivity contribution in [3.63, 3.8) is 0 Å². The molecule has 1 aromatic heterocycles. The fraction of sp³-hybridized carbons (Fsp3) is 0.600. The second-order valence-corrected chi connectivity index (χ2v) is 3.64. The Bertz CT molecular complexity index is 335. The molecule has 15 heavy (non-hydrogen) atoms. The zero-order chi connectivity index (χ0) is 11.4. The van der Waals surface area contributed by atoms with Crippen LogP contribution < -0.4 is 4.90 Å². The van der Waals surface area contributed by atoms with Crippen LogP contribution in [0.3, 0.4) is 0 Å². The third-order valence-corrected chi connectivity index (χ3v) is 2.29. The number of carbonyl (C=O) groups is 1. The summed E-state index contributed by atoms with van der Waals surface area (Å²) in [6.45, 7) is 2.43. The fourth-order valence-electron chi connectivity index (χ4n) is 1.49. The Morgan fingerprint density at radius 1 is 1.73 bits per heavy atom. The number of hydrogen-bond acceptors (Lipinski definition) is 4. The van der Waals surface area contributed by atoms with E-state index in [0.717, 1.165) is 5.95 Å². The SMILES string of the molecule is COC(=O)C(C)CN(C)c1nccn1C. The van der Waals surface area contributed by atoms with Gasteiger partial charge in [0.25, 0.3) is 0 Å². The summed E-state index contributed by atoms with van der Waals surface area (Å²) in [5.74, 6) is 0.485. The molecule has 0 aliphatic rings. The van der Waals surface area contributed by atoms with Crippen molar-refractivity contribution < 1.29 is 9.53 Å². The standard InChI is InChI=1S/C10H17N3O2/c1-8(9(14)15-4)7-13(3)10-11-5-6-12(10)2/h5-6,8H,7H2,1-4H3. The number of imidazole rings is 1. The second kappa shape index (κ2) is 4.82. The molecule has 5 nitrogen and oxygen atoms in total. The van der Waals surface area contributed by atoms with Gasteiger partial charge in [0, 0.05) is 33.0 Å². The predicted molar refractivity (Wildman–Crippen MR) is 57.7 cm³/mol. The summed E-state index contributed by atoms with van der Waals surface area (Å²) in [4.78, 5) is 17.3. The molecule has 1 aromatic rings. The first-order chi connectivity index (χ1) is 7.06. The third kappa shape index (κ3) is 2.71. The van der Waals surface area contributed by atoms with Crippen molar-refractivity contribution in [3.8, 4) is 0 Å². The predicted octanol–water partition coefficient (Wildman–Crippen LogP) is 0.665. The van der Waals surface area contributed by atoms with E-state index in [1.807, 2.05) is 36.7 Å². The summed E-state index contributed by atoms with van der Waals surface area (Å²) in [7, 11) is 5.23. The van der Waals surface area contributed by atoms with Crippen molar-refractivity contribution in [2.24, 2.45) is 13.0 Å². The third-order valence-electron chi connectivity index (χ3n) is 2.29. The summed E-state index contributed by atoms with van der Waals surface area (Å²) < 4.78 is 6.57. The second-order valence-electron chi connectivity index (χ2n) is 3.64. The maximum atomic E-state index is 11.2. The van der Waals surface area contributed by atoms with E-state index in [9.17, 15) is 4.79 Å². The van der Waals surface area contributed by atoms with E-state index in [-0.39, 0.29) is 11.9 Å². The van der Waals surface area contributed by atoms with E-state index in [1.165, 1.54) is 7.11 Å². The van der Waals surface area contributed by atoms with Gasteiger partial charge in [-0.15, -0.1) is 0 Å². The average molecular weight is 211 g/mol. The Morgan fingerprint density at radius 2 is 2.40 bits per heavy atom. The molecule has 0 aliphatic carbocycles. The van der Waals surface area contributed by atoms with Gasteiger partial charge in [-0.3, -0.25) is 4.79 Å². The molecule has 1 unspecified atom stereocenters. The van der Waals surface area contributed by atoms with Crippen LogP contribution >= 0.6 is 0 Å². The van der Waals surface area contributed by atoms with Gasteiger partial charge < -0.3 is 14.2 Å². The molecule has 1 atom stereocenters. The Hall–Kier alpha value is -1.52. The van der Waals surface area contributed by atoms with Crippen LogP contribution in [0, 0.1) is 5.92 Å². The Labute approximate surface area is 89.7 Å². The van der Waals surface area contributed by atoms with E-state index < -0.39 is 0 Å². The molecule has 0 saturated heterocycles. The van der Waals surface area contributed by atoms with Crippen molar-refractivity contribution in [1.29, 1.82) is 0 Å². The van der Waals surface area contributed by atoms with E-state index >= 15 is 0 Å². The van der Waals surface area contributed by atoms with Crippen LogP contribution in [-0.2, 0) is 16.6 Å². The van der Waals surface area contributed by atoms with Crippen molar-refractivity contribution in [3.05, 3.63) is 12.4 Å². The van der Waals surface area contributed by atoms with Gasteiger partial charge in [-0.2, -0.15) is 0 Å². The summed E-state index contributed by atoms with van der Waals surface area (Å²) >= 11 is 0. The van der Waals surface area contributed by atoms with Crippen LogP contribution in [0.4, 0.5) is 5.95 Å². The van der Waals surface area contributed by atoms with E-state index in [4.69, 9.17) is 0 Å². The van der Waals surface area contributed by atoms with Crippen molar-refractivity contribution in [2.45, 2.75) is 6.92 Å². The van der Waals surface area contributed by atoms with Crippen molar-refractivity contribution >= 4 is 11.9 Å². The number of aromatic nitrogens is 2. The zero-order valence-corrected chi connectivity index (χ0v) is 9.60. The molecule has 0 spiro atoms. The minimum absolute atomic E-state index is 0.156. The van der Waals surface area contributed by atoms with Gasteiger partial charge in [0.2, 0.25) is 5.95 Å². The van der Waals surface area contributed by atoms with Crippen LogP contribution in [0.5, 0.6) is 0 Å². The van der Waals surface area contributed by atoms with Crippen LogP contribution in [0.2, 0.25) is 0 Å². The summed E-state index contributed by atoms with van der Waals surface area (Å²) in [6.07, 6.45) is 3.60. The van der Waals surface area contributed by atoms with Gasteiger partial charge in [-0.25, -0.2) is 4.98 Å². The minimum Gasteiger partial charge on any atom is -0.469 e. The molecule has 0 aliphatic heterocycles. The molecule has 0 amide bonds. The Morgan fingerprint density at radius 3 is 2.87 bits per heavy atom. The molecule has 0 saturated carbocycles. The first kappa shape index (κ1) is 11.6. The lowest BCUT2D eigenvalue weighted by atomic mass is 10.2. The number of hydrogen-bond donors (Lipinski definition) is 0. The number of carbonyl (C=O) groups excluding carboxylic acids is 1. The number of aryl methyl sites for hydroxylation is 1. The van der Waals surface area contributed by atoms with Gasteiger partial charge in [-0.05, 0) is 0 Å². The first-order valence-electron chi connectivity index (χ1n) is 4.82. The normalized spacial score (nSPS) is 12.3. The van der Waals surface area contributed by atoms with Crippen molar-refractivity contribution in [1.82, 2.24) is 9.55 Å². The number of esters is 1. The zero-order valence-electron chi connectivity index (χ0n) is 9.60. The highest BCUT2D eigenvalue weighted by Gasteiger charge is 2.17. The average Bonchev–Trinajstić information content (AvgIpc) is 2.63. The monoisotopic (exact) mass is 211 g/mol. The molecule has 5 heteroatoms. The molecule has 0 fully saturated rings. The van der Waals surface area contributed by atoms with Gasteiger partial charge in [0.15, 0.2) is 0 Å². The van der Waals surface area contributed by atoms with Crippen LogP contribution in [0.1, 0.15) is 6.92 Å². The molecule has 0 aromatic carbocycles. The van der Waals surface area contributed by atoms with Gasteiger partial charge in [-0.1, -0.05) is 6.92 Å². The van der Waals surface area contributed by atoms with Gasteiger partial charge >= 0.3 is 5.97 Å². The molecule has 0 radical (unpaired) electrons. The number of anilines is 1. The number of methoxy groups -OCH3 is 1. The molecular formula is C10H17N3O2. The van der Waals surface area contributed by atoms with Crippen LogP contribution in [0.25, 0.3) is 0 Å². The number of rotatable bonds is 4. The van der Waals surface area contributed by atoms with Crippen LogP contribution in [-0.4, -0.2) is 36.2 Å². The molecule has 1 rings (SSSR count). The first-order valence-corrected chi connectivity index (χ1v) is 4.82. The smallest absolute Gasteiger partial charge is 0.310 e. The highest BCUT2D eigenvalue weighted by Crippen LogP contribution is 2.10. The Kier molecular flexibility index (Phi) is 3.71. The summed E-state index contributed by atoms with van der Waals surface area (Å²) in [5.41, 5.74) is 0. The molecular weight excluding hydrogens is 194 g/mol. The van der Waals surface area contributed by atoms with Gasteiger partial charge in [0.1, 0.15) is 0 Å². The number of ether oxygens (including phenoxy) is 1. The summed E-state index contributed by atoms with van der Waals surface area (Å²) in [6, 6.07) is 0. The lowest BCUT2D eigenvalue weighted by molar-refractivity contribution is -0.144. The van der Waals surface area contributed by atoms with E-state index in [1.54, 1.807) is 6.20 Å². The molecule has 1 heterocycles. The molecule has 0 bridgehead atoms. The fourth-order valence-corrected chi connectivity index (χ4v) is 1.49. The molecule has 84 valence electrons. The minimum atomic E-state index is -0.198. The lowest BCUT2D eigenvalue weighted by Gasteiger charge is -2.20. The topological polar surface area (TPSA) is 47.4 Å². The highest BCUT2D eigenvalue weighted by molar-refractivity contribution is 5.72. The van der Waals surface area contributed by atoms with E-state index in [2.05, 4.69) is 9.72 Å². The maximum absolute atomic E-state index is 11.2. The summed E-state index contributed by atoms with van der Waals surface area (Å²) in [5, 5.41) is 0. The van der Waals surface area contributed by atoms with Gasteiger partial charge in [0.05, 0.1) is 13.0 Å². The number of nitrogens with zero attached hydrogens (tertiary/aromatic N) is 3. The highest BCUT2D eigenvalue weighted by atomic mass is 16.5.